The normalized spacial score (nSPS) is 10.8. The number of hydrazone groups is 1. The molecule has 1 aromatic carbocycles. The monoisotopic (exact) mass is 400 g/mol. The van der Waals surface area contributed by atoms with Gasteiger partial charge in [-0.25, -0.2) is 5.43 Å². The van der Waals surface area contributed by atoms with Gasteiger partial charge in [0.1, 0.15) is 5.75 Å². The second-order valence-electron chi connectivity index (χ2n) is 3.69. The fraction of sp³-hybridized carbons (Fsp3) is 0.0769. The molecule has 7 heteroatoms. The highest BCUT2D eigenvalue weighted by atomic mass is 79.9. The van der Waals surface area contributed by atoms with E-state index in [1.54, 1.807) is 25.3 Å². The van der Waals surface area contributed by atoms with E-state index < -0.39 is 5.91 Å². The minimum atomic E-state index is -0.430. The summed E-state index contributed by atoms with van der Waals surface area (Å²) in [6.07, 6.45) is 1.50. The van der Waals surface area contributed by atoms with Gasteiger partial charge in [0.05, 0.1) is 13.3 Å². The largest absolute Gasteiger partial charge is 0.496 e. The number of amides is 1. The SMILES string of the molecule is COc1ccc(Br)cc1/C=N\NC(=O)c1ccc(Br)o1. The van der Waals surface area contributed by atoms with Gasteiger partial charge in [-0.3, -0.25) is 4.79 Å². The highest BCUT2D eigenvalue weighted by molar-refractivity contribution is 9.10. The molecule has 0 atom stereocenters. The van der Waals surface area contributed by atoms with Crippen LogP contribution < -0.4 is 10.2 Å². The van der Waals surface area contributed by atoms with Crippen molar-refractivity contribution in [3.63, 3.8) is 0 Å². The quantitative estimate of drug-likeness (QED) is 0.629. The Kier molecular flexibility index (Phi) is 4.97. The number of methoxy groups -OCH3 is 1. The molecule has 2 rings (SSSR count). The van der Waals surface area contributed by atoms with Gasteiger partial charge < -0.3 is 9.15 Å². The van der Waals surface area contributed by atoms with Crippen molar-refractivity contribution < 1.29 is 13.9 Å². The van der Waals surface area contributed by atoms with Crippen molar-refractivity contribution in [1.29, 1.82) is 0 Å². The zero-order valence-electron chi connectivity index (χ0n) is 10.4. The van der Waals surface area contributed by atoms with E-state index in [4.69, 9.17) is 9.15 Å². The summed E-state index contributed by atoms with van der Waals surface area (Å²) in [5.41, 5.74) is 3.12. The first kappa shape index (κ1) is 14.8. The molecule has 1 N–H and O–H groups in total. The van der Waals surface area contributed by atoms with E-state index >= 15 is 0 Å². The van der Waals surface area contributed by atoms with Crippen LogP contribution in [0.4, 0.5) is 0 Å². The van der Waals surface area contributed by atoms with E-state index in [1.165, 1.54) is 6.21 Å². The number of nitrogens with zero attached hydrogens (tertiary/aromatic N) is 1. The first-order chi connectivity index (χ1) is 9.60. The van der Waals surface area contributed by atoms with Crippen LogP contribution in [0.15, 0.2) is 49.0 Å². The Balaban J connectivity index is 2.07. The number of rotatable bonds is 4. The van der Waals surface area contributed by atoms with Gasteiger partial charge in [-0.05, 0) is 46.3 Å². The third-order valence-electron chi connectivity index (χ3n) is 2.36. The molecule has 20 heavy (non-hydrogen) atoms. The van der Waals surface area contributed by atoms with Gasteiger partial charge in [0, 0.05) is 10.0 Å². The summed E-state index contributed by atoms with van der Waals surface area (Å²) in [5, 5.41) is 3.88. The Morgan fingerprint density at radius 1 is 1.35 bits per heavy atom. The Morgan fingerprint density at radius 3 is 2.80 bits per heavy atom. The summed E-state index contributed by atoms with van der Waals surface area (Å²) < 4.78 is 11.7. The maximum Gasteiger partial charge on any atom is 0.307 e. The summed E-state index contributed by atoms with van der Waals surface area (Å²) in [6.45, 7) is 0. The van der Waals surface area contributed by atoms with Crippen LogP contribution in [0.1, 0.15) is 16.1 Å². The van der Waals surface area contributed by atoms with Crippen molar-refractivity contribution in [3.05, 3.63) is 50.8 Å². The van der Waals surface area contributed by atoms with Crippen LogP contribution in [0.25, 0.3) is 0 Å². The lowest BCUT2D eigenvalue weighted by Crippen LogP contribution is -2.16. The molecule has 5 nitrogen and oxygen atoms in total. The number of halogens is 2. The van der Waals surface area contributed by atoms with Gasteiger partial charge in [0.2, 0.25) is 0 Å². The lowest BCUT2D eigenvalue weighted by molar-refractivity contribution is 0.0926. The van der Waals surface area contributed by atoms with Crippen molar-refractivity contribution in [2.75, 3.05) is 7.11 Å². The molecule has 1 heterocycles. The van der Waals surface area contributed by atoms with Crippen LogP contribution in [0.5, 0.6) is 5.75 Å². The highest BCUT2D eigenvalue weighted by Gasteiger charge is 2.09. The fourth-order valence-electron chi connectivity index (χ4n) is 1.46. The van der Waals surface area contributed by atoms with Gasteiger partial charge in [-0.15, -0.1) is 0 Å². The van der Waals surface area contributed by atoms with E-state index in [2.05, 4.69) is 42.4 Å². The molecule has 0 spiro atoms. The third-order valence-corrected chi connectivity index (χ3v) is 3.28. The number of hydrogen-bond acceptors (Lipinski definition) is 4. The molecule has 0 radical (unpaired) electrons. The van der Waals surface area contributed by atoms with Crippen LogP contribution in [-0.4, -0.2) is 19.2 Å². The molecule has 1 aromatic heterocycles. The minimum Gasteiger partial charge on any atom is -0.496 e. The van der Waals surface area contributed by atoms with Crippen LogP contribution in [0.3, 0.4) is 0 Å². The first-order valence-electron chi connectivity index (χ1n) is 5.52. The van der Waals surface area contributed by atoms with Crippen LogP contribution in [0.2, 0.25) is 0 Å². The first-order valence-corrected chi connectivity index (χ1v) is 7.11. The minimum absolute atomic E-state index is 0.176. The third kappa shape index (κ3) is 3.71. The summed E-state index contributed by atoms with van der Waals surface area (Å²) in [7, 11) is 1.57. The van der Waals surface area contributed by atoms with E-state index in [9.17, 15) is 4.79 Å². The summed E-state index contributed by atoms with van der Waals surface area (Å²) in [4.78, 5) is 11.7. The molecule has 0 saturated heterocycles. The van der Waals surface area contributed by atoms with Crippen molar-refractivity contribution >= 4 is 44.0 Å². The smallest absolute Gasteiger partial charge is 0.307 e. The Labute approximate surface area is 132 Å². The average molecular weight is 402 g/mol. The van der Waals surface area contributed by atoms with Gasteiger partial charge >= 0.3 is 5.91 Å². The number of ether oxygens (including phenoxy) is 1. The van der Waals surface area contributed by atoms with E-state index in [1.807, 2.05) is 12.1 Å². The molecule has 0 aliphatic heterocycles. The topological polar surface area (TPSA) is 63.8 Å². The Bertz CT molecular complexity index is 653. The molecule has 2 aromatic rings. The van der Waals surface area contributed by atoms with Crippen LogP contribution in [-0.2, 0) is 0 Å². The Morgan fingerprint density at radius 2 is 2.15 bits per heavy atom. The maximum absolute atomic E-state index is 11.7. The second-order valence-corrected chi connectivity index (χ2v) is 5.39. The van der Waals surface area contributed by atoms with Gasteiger partial charge in [0.25, 0.3) is 0 Å². The fourth-order valence-corrected chi connectivity index (χ4v) is 2.14. The summed E-state index contributed by atoms with van der Waals surface area (Å²) >= 11 is 6.49. The molecule has 0 unspecified atom stereocenters. The van der Waals surface area contributed by atoms with E-state index in [-0.39, 0.29) is 5.76 Å². The molecule has 1 amide bonds. The van der Waals surface area contributed by atoms with Crippen molar-refractivity contribution in [2.24, 2.45) is 5.10 Å². The molecule has 104 valence electrons. The highest BCUT2D eigenvalue weighted by Crippen LogP contribution is 2.21. The number of benzene rings is 1. The van der Waals surface area contributed by atoms with E-state index in [0.29, 0.717) is 10.4 Å². The molecular formula is C13H10Br2N2O3. The lowest BCUT2D eigenvalue weighted by atomic mass is 10.2. The molecule has 0 aliphatic carbocycles. The van der Waals surface area contributed by atoms with Crippen molar-refractivity contribution in [2.45, 2.75) is 0 Å². The van der Waals surface area contributed by atoms with Crippen LogP contribution >= 0.6 is 31.9 Å². The number of nitrogens with one attached hydrogen (secondary N) is 1. The molecule has 0 bridgehead atoms. The predicted octanol–water partition coefficient (Wildman–Crippen LogP) is 3.58. The van der Waals surface area contributed by atoms with Gasteiger partial charge in [-0.1, -0.05) is 15.9 Å². The van der Waals surface area contributed by atoms with Crippen molar-refractivity contribution in [1.82, 2.24) is 5.43 Å². The summed E-state index contributed by atoms with van der Waals surface area (Å²) in [5.74, 6) is 0.406. The predicted molar refractivity (Wildman–Crippen MR) is 82.2 cm³/mol. The number of carbonyl (C=O) groups excluding carboxylic acids is 1. The van der Waals surface area contributed by atoms with Crippen LogP contribution in [0, 0.1) is 0 Å². The van der Waals surface area contributed by atoms with Gasteiger partial charge in [-0.2, -0.15) is 5.10 Å². The van der Waals surface area contributed by atoms with Crippen molar-refractivity contribution in [3.8, 4) is 5.75 Å². The second kappa shape index (κ2) is 6.71. The number of furan rings is 1. The Hall–Kier alpha value is -1.60. The zero-order chi connectivity index (χ0) is 14.5. The number of carbonyl (C=O) groups is 1. The number of hydrogen-bond donors (Lipinski definition) is 1. The summed E-state index contributed by atoms with van der Waals surface area (Å²) in [6, 6.07) is 8.68. The molecule has 0 fully saturated rings. The molecular weight excluding hydrogens is 392 g/mol. The standard InChI is InChI=1S/C13H10Br2N2O3/c1-19-10-3-2-9(14)6-8(10)7-16-17-13(18)11-4-5-12(15)20-11/h2-7H,1H3,(H,17,18)/b16-7-. The lowest BCUT2D eigenvalue weighted by Gasteiger charge is -2.04. The van der Waals surface area contributed by atoms with E-state index in [0.717, 1.165) is 10.0 Å². The zero-order valence-corrected chi connectivity index (χ0v) is 13.6. The molecule has 0 aliphatic rings. The molecule has 0 saturated carbocycles. The maximum atomic E-state index is 11.7. The van der Waals surface area contributed by atoms with Gasteiger partial charge in [0.15, 0.2) is 10.4 Å². The average Bonchev–Trinajstić information content (AvgIpc) is 2.86.